The van der Waals surface area contributed by atoms with Crippen LogP contribution in [0.15, 0.2) is 56.1 Å². The van der Waals surface area contributed by atoms with Crippen molar-refractivity contribution < 1.29 is 8.94 Å². The van der Waals surface area contributed by atoms with Crippen LogP contribution < -0.4 is 5.73 Å². The zero-order valence-corrected chi connectivity index (χ0v) is 10.8. The van der Waals surface area contributed by atoms with Gasteiger partial charge in [0.05, 0.1) is 5.56 Å². The van der Waals surface area contributed by atoms with Crippen LogP contribution in [0, 0.1) is 0 Å². The second-order valence-corrected chi connectivity index (χ2v) is 4.52. The van der Waals surface area contributed by atoms with E-state index in [0.717, 1.165) is 11.1 Å². The van der Waals surface area contributed by atoms with Crippen molar-refractivity contribution in [3.05, 3.63) is 47.1 Å². The highest BCUT2D eigenvalue weighted by molar-refractivity contribution is 9.10. The minimum Gasteiger partial charge on any atom is -0.446 e. The van der Waals surface area contributed by atoms with E-state index >= 15 is 0 Å². The van der Waals surface area contributed by atoms with Crippen molar-refractivity contribution in [2.75, 3.05) is 5.73 Å². The molecule has 0 unspecified atom stereocenters. The fourth-order valence-corrected chi connectivity index (χ4v) is 2.10. The molecule has 18 heavy (non-hydrogen) atoms. The largest absolute Gasteiger partial charge is 0.446 e. The summed E-state index contributed by atoms with van der Waals surface area (Å²) in [6, 6.07) is 13.3. The highest BCUT2D eigenvalue weighted by atomic mass is 79.9. The Bertz CT molecular complexity index is 673. The van der Waals surface area contributed by atoms with Gasteiger partial charge in [0.25, 0.3) is 0 Å². The molecular formula is C13H9BrN2O2. The maximum Gasteiger partial charge on any atom is 0.212 e. The summed E-state index contributed by atoms with van der Waals surface area (Å²) >= 11 is 3.26. The van der Waals surface area contributed by atoms with E-state index in [0.29, 0.717) is 22.0 Å². The minimum absolute atomic E-state index is 0.351. The van der Waals surface area contributed by atoms with Crippen molar-refractivity contribution >= 4 is 21.7 Å². The molecule has 0 saturated carbocycles. The van der Waals surface area contributed by atoms with E-state index in [1.807, 2.05) is 30.3 Å². The topological polar surface area (TPSA) is 65.2 Å². The van der Waals surface area contributed by atoms with Crippen molar-refractivity contribution in [3.63, 3.8) is 0 Å². The Morgan fingerprint density at radius 2 is 1.83 bits per heavy atom. The van der Waals surface area contributed by atoms with E-state index in [1.165, 1.54) is 0 Å². The molecule has 0 aliphatic heterocycles. The highest BCUT2D eigenvalue weighted by Gasteiger charge is 2.19. The second-order valence-electron chi connectivity index (χ2n) is 3.74. The summed E-state index contributed by atoms with van der Waals surface area (Å²) in [5.41, 5.74) is 7.55. The van der Waals surface area contributed by atoms with Crippen LogP contribution in [-0.4, -0.2) is 5.16 Å². The molecule has 2 heterocycles. The first-order valence-corrected chi connectivity index (χ1v) is 6.11. The summed E-state index contributed by atoms with van der Waals surface area (Å²) < 4.78 is 11.4. The number of furan rings is 1. The van der Waals surface area contributed by atoms with Gasteiger partial charge in [-0.2, -0.15) is 0 Å². The van der Waals surface area contributed by atoms with E-state index < -0.39 is 0 Å². The molecule has 0 amide bonds. The lowest BCUT2D eigenvalue weighted by Gasteiger charge is -1.99. The van der Waals surface area contributed by atoms with E-state index in [-0.39, 0.29) is 0 Å². The molecule has 3 rings (SSSR count). The van der Waals surface area contributed by atoms with Gasteiger partial charge < -0.3 is 14.7 Å². The lowest BCUT2D eigenvalue weighted by atomic mass is 10.1. The van der Waals surface area contributed by atoms with Gasteiger partial charge >= 0.3 is 0 Å². The van der Waals surface area contributed by atoms with Crippen LogP contribution in [0.3, 0.4) is 0 Å². The quantitative estimate of drug-likeness (QED) is 0.778. The van der Waals surface area contributed by atoms with Gasteiger partial charge in [-0.1, -0.05) is 35.5 Å². The van der Waals surface area contributed by atoms with Gasteiger partial charge in [0, 0.05) is 0 Å². The average Bonchev–Trinajstić information content (AvgIpc) is 2.96. The maximum absolute atomic E-state index is 5.86. The number of hydrogen-bond donors (Lipinski definition) is 1. The van der Waals surface area contributed by atoms with Crippen LogP contribution in [0.2, 0.25) is 0 Å². The summed E-state index contributed by atoms with van der Waals surface area (Å²) in [6.45, 7) is 0. The molecule has 1 aromatic carbocycles. The van der Waals surface area contributed by atoms with Crippen LogP contribution >= 0.6 is 15.9 Å². The van der Waals surface area contributed by atoms with Gasteiger partial charge in [0.2, 0.25) is 5.76 Å². The highest BCUT2D eigenvalue weighted by Crippen LogP contribution is 2.37. The number of nitrogen functional groups attached to an aromatic ring is 1. The van der Waals surface area contributed by atoms with Gasteiger partial charge in [0.15, 0.2) is 16.2 Å². The molecule has 90 valence electrons. The molecule has 0 saturated heterocycles. The zero-order valence-electron chi connectivity index (χ0n) is 9.26. The number of aromatic nitrogens is 1. The molecule has 2 N–H and O–H groups in total. The van der Waals surface area contributed by atoms with Crippen LogP contribution in [-0.2, 0) is 0 Å². The number of halogens is 1. The first-order chi connectivity index (χ1) is 8.75. The number of nitrogens with zero attached hydrogens (tertiary/aromatic N) is 1. The van der Waals surface area contributed by atoms with Crippen LogP contribution in [0.4, 0.5) is 5.82 Å². The van der Waals surface area contributed by atoms with Crippen molar-refractivity contribution in [3.8, 4) is 22.6 Å². The Morgan fingerprint density at radius 1 is 1.06 bits per heavy atom. The third-order valence-corrected chi connectivity index (χ3v) is 3.00. The number of rotatable bonds is 2. The Morgan fingerprint density at radius 3 is 2.50 bits per heavy atom. The number of anilines is 1. The predicted octanol–water partition coefficient (Wildman–Crippen LogP) is 3.95. The van der Waals surface area contributed by atoms with Gasteiger partial charge in [-0.3, -0.25) is 0 Å². The molecule has 4 nitrogen and oxygen atoms in total. The van der Waals surface area contributed by atoms with Crippen molar-refractivity contribution in [2.45, 2.75) is 0 Å². The zero-order chi connectivity index (χ0) is 12.5. The van der Waals surface area contributed by atoms with Gasteiger partial charge in [-0.05, 0) is 33.6 Å². The number of hydrogen-bond acceptors (Lipinski definition) is 4. The van der Waals surface area contributed by atoms with Gasteiger partial charge in [-0.15, -0.1) is 0 Å². The molecule has 3 aromatic rings. The molecule has 2 aromatic heterocycles. The minimum atomic E-state index is 0.351. The molecule has 0 radical (unpaired) electrons. The number of nitrogens with two attached hydrogens (primary N) is 1. The smallest absolute Gasteiger partial charge is 0.212 e. The first-order valence-electron chi connectivity index (χ1n) is 5.32. The normalized spacial score (nSPS) is 10.7. The molecule has 0 spiro atoms. The van der Waals surface area contributed by atoms with Crippen LogP contribution in [0.25, 0.3) is 22.6 Å². The second kappa shape index (κ2) is 4.34. The summed E-state index contributed by atoms with van der Waals surface area (Å²) in [5, 5.41) is 3.81. The lowest BCUT2D eigenvalue weighted by molar-refractivity contribution is 0.419. The van der Waals surface area contributed by atoms with E-state index in [9.17, 15) is 0 Å². The summed E-state index contributed by atoms with van der Waals surface area (Å²) in [5.74, 6) is 1.47. The Kier molecular flexibility index (Phi) is 2.68. The predicted molar refractivity (Wildman–Crippen MR) is 71.8 cm³/mol. The monoisotopic (exact) mass is 304 g/mol. The fourth-order valence-electron chi connectivity index (χ4n) is 1.79. The van der Waals surface area contributed by atoms with Crippen molar-refractivity contribution in [1.29, 1.82) is 0 Å². The maximum atomic E-state index is 5.86. The van der Waals surface area contributed by atoms with E-state index in [4.69, 9.17) is 14.7 Å². The summed E-state index contributed by atoms with van der Waals surface area (Å²) in [4.78, 5) is 0. The summed E-state index contributed by atoms with van der Waals surface area (Å²) in [7, 11) is 0. The van der Waals surface area contributed by atoms with Crippen LogP contribution in [0.1, 0.15) is 0 Å². The first kappa shape index (κ1) is 11.1. The van der Waals surface area contributed by atoms with Crippen molar-refractivity contribution in [1.82, 2.24) is 5.16 Å². The van der Waals surface area contributed by atoms with Gasteiger partial charge in [0.1, 0.15) is 0 Å². The van der Waals surface area contributed by atoms with Crippen molar-refractivity contribution in [2.24, 2.45) is 0 Å². The molecule has 0 fully saturated rings. The van der Waals surface area contributed by atoms with E-state index in [2.05, 4.69) is 21.1 Å². The lowest BCUT2D eigenvalue weighted by Crippen LogP contribution is -1.88. The fraction of sp³-hybridized carbons (Fsp3) is 0. The third-order valence-electron chi connectivity index (χ3n) is 2.58. The SMILES string of the molecule is Nc1noc(-c2ccc(Br)o2)c1-c1ccccc1. The Labute approximate surface area is 112 Å². The molecular weight excluding hydrogens is 296 g/mol. The molecule has 0 bridgehead atoms. The summed E-state index contributed by atoms with van der Waals surface area (Å²) in [6.07, 6.45) is 0. The standard InChI is InChI=1S/C13H9BrN2O2/c14-10-7-6-9(17-10)12-11(13(15)16-18-12)8-4-2-1-3-5-8/h1-7H,(H2,15,16). The molecule has 5 heteroatoms. The van der Waals surface area contributed by atoms with E-state index in [1.54, 1.807) is 12.1 Å². The third kappa shape index (κ3) is 1.82. The molecule has 0 aliphatic rings. The average molecular weight is 305 g/mol. The Hall–Kier alpha value is -2.01. The molecule has 0 aliphatic carbocycles. The number of benzene rings is 1. The Balaban J connectivity index is 2.18. The van der Waals surface area contributed by atoms with Crippen LogP contribution in [0.5, 0.6) is 0 Å². The molecule has 0 atom stereocenters. The van der Waals surface area contributed by atoms with Gasteiger partial charge in [-0.25, -0.2) is 0 Å².